The molecule has 334 valence electrons. The van der Waals surface area contributed by atoms with Crippen LogP contribution in [0.3, 0.4) is 0 Å². The second-order valence-corrected chi connectivity index (χ2v) is 16.9. The van der Waals surface area contributed by atoms with Crippen molar-refractivity contribution in [2.45, 2.75) is 270 Å². The number of amides is 1. The zero-order valence-electron chi connectivity index (χ0n) is 38.0. The molecule has 0 aromatic carbocycles. The average Bonchev–Trinajstić information content (AvgIpc) is 3.20. The molecule has 6 nitrogen and oxygen atoms in total. The Kier molecular flexibility index (Phi) is 43.6. The predicted octanol–water partition coefficient (Wildman–Crippen LogP) is 14.5. The van der Waals surface area contributed by atoms with Crippen molar-refractivity contribution < 1.29 is 24.5 Å². The molecule has 0 aliphatic heterocycles. The van der Waals surface area contributed by atoms with Gasteiger partial charge in [-0.2, -0.15) is 0 Å². The van der Waals surface area contributed by atoms with Crippen molar-refractivity contribution in [3.63, 3.8) is 0 Å². The molecule has 3 N–H and O–H groups in total. The minimum absolute atomic E-state index is 0.0576. The first-order chi connectivity index (χ1) is 28.0. The molecule has 0 radical (unpaired) electrons. The Balaban J connectivity index is 4.49. The number of rotatable bonds is 44. The van der Waals surface area contributed by atoms with Crippen molar-refractivity contribution in [1.82, 2.24) is 5.32 Å². The molecule has 0 heterocycles. The van der Waals surface area contributed by atoms with Crippen molar-refractivity contribution in [2.24, 2.45) is 0 Å². The molecule has 1 amide bonds. The first-order valence-corrected chi connectivity index (χ1v) is 24.7. The summed E-state index contributed by atoms with van der Waals surface area (Å²) < 4.78 is 5.90. The molecule has 0 saturated carbocycles. The maximum absolute atomic E-state index is 13.1. The molecule has 0 aromatic rings. The zero-order valence-corrected chi connectivity index (χ0v) is 38.0. The Labute approximate surface area is 353 Å². The normalized spacial score (nSPS) is 13.6. The van der Waals surface area contributed by atoms with Crippen LogP contribution >= 0.6 is 0 Å². The summed E-state index contributed by atoms with van der Waals surface area (Å²) in [6.45, 7) is 6.33. The van der Waals surface area contributed by atoms with E-state index in [1.807, 2.05) is 12.2 Å². The topological polar surface area (TPSA) is 95.9 Å². The van der Waals surface area contributed by atoms with E-state index in [1.54, 1.807) is 0 Å². The van der Waals surface area contributed by atoms with Crippen LogP contribution in [0.15, 0.2) is 36.5 Å². The first-order valence-electron chi connectivity index (χ1n) is 24.7. The number of unbranched alkanes of at least 4 members (excludes halogenated alkanes) is 28. The molecule has 0 rings (SSSR count). The number of aliphatic hydroxyl groups is 2. The van der Waals surface area contributed by atoms with Crippen molar-refractivity contribution >= 4 is 11.9 Å². The first kappa shape index (κ1) is 55.1. The molecular weight excluding hydrogens is 707 g/mol. The molecule has 0 saturated heterocycles. The molecule has 0 aliphatic rings. The Morgan fingerprint density at radius 1 is 0.526 bits per heavy atom. The van der Waals surface area contributed by atoms with E-state index >= 15 is 0 Å². The molecule has 57 heavy (non-hydrogen) atoms. The maximum Gasteiger partial charge on any atom is 0.306 e. The Hall–Kier alpha value is -1.92. The van der Waals surface area contributed by atoms with Gasteiger partial charge in [-0.3, -0.25) is 9.59 Å². The summed E-state index contributed by atoms with van der Waals surface area (Å²) in [6, 6.07) is -0.707. The number of aliphatic hydroxyl groups excluding tert-OH is 2. The van der Waals surface area contributed by atoms with Crippen LogP contribution in [0.25, 0.3) is 0 Å². The van der Waals surface area contributed by atoms with Crippen molar-refractivity contribution in [3.8, 4) is 0 Å². The van der Waals surface area contributed by atoms with Gasteiger partial charge in [0.25, 0.3) is 0 Å². The van der Waals surface area contributed by atoms with Gasteiger partial charge in [-0.15, -0.1) is 0 Å². The molecule has 3 atom stereocenters. The summed E-state index contributed by atoms with van der Waals surface area (Å²) in [5.74, 6) is -0.502. The van der Waals surface area contributed by atoms with Gasteiger partial charge in [-0.05, 0) is 44.9 Å². The fraction of sp³-hybridized carbons (Fsp3) is 0.843. The van der Waals surface area contributed by atoms with E-state index in [2.05, 4.69) is 50.4 Å². The second-order valence-electron chi connectivity index (χ2n) is 16.9. The van der Waals surface area contributed by atoms with Crippen molar-refractivity contribution in [2.75, 3.05) is 6.61 Å². The van der Waals surface area contributed by atoms with Crippen molar-refractivity contribution in [1.29, 1.82) is 0 Å². The summed E-state index contributed by atoms with van der Waals surface area (Å²) in [6.07, 6.45) is 52.2. The van der Waals surface area contributed by atoms with Gasteiger partial charge in [0.15, 0.2) is 0 Å². The maximum atomic E-state index is 13.1. The quantitative estimate of drug-likeness (QED) is 0.0324. The molecule has 3 unspecified atom stereocenters. The minimum Gasteiger partial charge on any atom is -0.462 e. The van der Waals surface area contributed by atoms with E-state index in [4.69, 9.17) is 4.74 Å². The minimum atomic E-state index is -0.792. The van der Waals surface area contributed by atoms with Gasteiger partial charge in [0.05, 0.1) is 25.2 Å². The van der Waals surface area contributed by atoms with Crippen LogP contribution < -0.4 is 5.32 Å². The SMILES string of the molecule is CC/C=C/C=C/C=C\CCCCCC(CC(=O)NC(CO)C(O)CCCCCCCCCCC)OC(=O)CCCCCCCCCCCCCCCCCCCC. The summed E-state index contributed by atoms with van der Waals surface area (Å²) in [7, 11) is 0. The van der Waals surface area contributed by atoms with Crippen molar-refractivity contribution in [3.05, 3.63) is 36.5 Å². The van der Waals surface area contributed by atoms with E-state index in [1.165, 1.54) is 135 Å². The number of esters is 1. The van der Waals surface area contributed by atoms with Gasteiger partial charge in [0, 0.05) is 6.42 Å². The second kappa shape index (κ2) is 45.2. The lowest BCUT2D eigenvalue weighted by Crippen LogP contribution is -2.46. The highest BCUT2D eigenvalue weighted by Crippen LogP contribution is 2.18. The monoisotopic (exact) mass is 802 g/mol. The highest BCUT2D eigenvalue weighted by molar-refractivity contribution is 5.77. The number of carbonyl (C=O) groups excluding carboxylic acids is 2. The highest BCUT2D eigenvalue weighted by atomic mass is 16.5. The van der Waals surface area contributed by atoms with E-state index in [9.17, 15) is 19.8 Å². The number of carbonyl (C=O) groups is 2. The van der Waals surface area contributed by atoms with Gasteiger partial charge in [0.1, 0.15) is 6.10 Å². The van der Waals surface area contributed by atoms with Crippen LogP contribution in [0.5, 0.6) is 0 Å². The third-order valence-corrected chi connectivity index (χ3v) is 11.3. The van der Waals surface area contributed by atoms with E-state index in [0.717, 1.165) is 70.6 Å². The van der Waals surface area contributed by atoms with Gasteiger partial charge in [0.2, 0.25) is 5.91 Å². The lowest BCUT2D eigenvalue weighted by molar-refractivity contribution is -0.151. The molecule has 0 aromatic heterocycles. The Bertz CT molecular complexity index is 946. The Morgan fingerprint density at radius 3 is 1.42 bits per heavy atom. The molecule has 0 bridgehead atoms. The standard InChI is InChI=1S/C51H95NO5/c1-4-7-10-13-16-19-21-22-23-24-25-26-27-29-32-35-38-41-44-51(56)57-47(42-39-36-33-31-28-20-17-14-11-8-5-2)45-50(55)52-48(46-53)49(54)43-40-37-34-30-18-15-12-9-6-3/h8,11,14,17,20,28,47-49,53-54H,4-7,9-10,12-13,15-16,18-19,21-27,29-46H2,1-3H3,(H,52,55)/b11-8+,17-14+,28-20-. The molecule has 0 spiro atoms. The highest BCUT2D eigenvalue weighted by Gasteiger charge is 2.24. The van der Waals surface area contributed by atoms with E-state index in [0.29, 0.717) is 19.3 Å². The molecular formula is C51H95NO5. The van der Waals surface area contributed by atoms with Gasteiger partial charge in [-0.25, -0.2) is 0 Å². The largest absolute Gasteiger partial charge is 0.462 e. The fourth-order valence-corrected chi connectivity index (χ4v) is 7.55. The van der Waals surface area contributed by atoms with Crippen LogP contribution in [0.2, 0.25) is 0 Å². The smallest absolute Gasteiger partial charge is 0.306 e. The summed E-state index contributed by atoms with van der Waals surface area (Å²) in [4.78, 5) is 26.0. The molecule has 6 heteroatoms. The lowest BCUT2D eigenvalue weighted by atomic mass is 10.0. The number of hydrogen-bond acceptors (Lipinski definition) is 5. The summed E-state index contributed by atoms with van der Waals surface area (Å²) in [5, 5.41) is 23.6. The third kappa shape index (κ3) is 40.6. The van der Waals surface area contributed by atoms with E-state index < -0.39 is 18.2 Å². The zero-order chi connectivity index (χ0) is 41.7. The third-order valence-electron chi connectivity index (χ3n) is 11.3. The van der Waals surface area contributed by atoms with Crippen LogP contribution in [0.1, 0.15) is 252 Å². The fourth-order valence-electron chi connectivity index (χ4n) is 7.55. The number of ether oxygens (including phenoxy) is 1. The molecule has 0 fully saturated rings. The van der Waals surface area contributed by atoms with E-state index in [-0.39, 0.29) is 24.9 Å². The number of allylic oxidation sites excluding steroid dienone is 6. The number of nitrogens with one attached hydrogen (secondary N) is 1. The predicted molar refractivity (Wildman–Crippen MR) is 246 cm³/mol. The van der Waals surface area contributed by atoms with Crippen LogP contribution in [-0.2, 0) is 14.3 Å². The van der Waals surface area contributed by atoms with Gasteiger partial charge < -0.3 is 20.3 Å². The van der Waals surface area contributed by atoms with Gasteiger partial charge >= 0.3 is 5.97 Å². The van der Waals surface area contributed by atoms with Crippen LogP contribution in [-0.4, -0.2) is 46.9 Å². The van der Waals surface area contributed by atoms with Crippen LogP contribution in [0.4, 0.5) is 0 Å². The Morgan fingerprint density at radius 2 is 0.947 bits per heavy atom. The summed E-state index contributed by atoms with van der Waals surface area (Å²) >= 11 is 0. The lowest BCUT2D eigenvalue weighted by Gasteiger charge is -2.24. The van der Waals surface area contributed by atoms with Gasteiger partial charge in [-0.1, -0.05) is 231 Å². The average molecular weight is 802 g/mol. The van der Waals surface area contributed by atoms with Crippen LogP contribution in [0, 0.1) is 0 Å². The molecule has 0 aliphatic carbocycles. The summed E-state index contributed by atoms with van der Waals surface area (Å²) in [5.41, 5.74) is 0. The number of hydrogen-bond donors (Lipinski definition) is 3.